The first-order valence-electron chi connectivity index (χ1n) is 6.18. The first kappa shape index (κ1) is 15.6. The zero-order chi connectivity index (χ0) is 14.7. The largest absolute Gasteiger partial charge is 0.377 e. The third kappa shape index (κ3) is 3.46. The quantitative estimate of drug-likeness (QED) is 0.604. The van der Waals surface area contributed by atoms with Crippen LogP contribution >= 0.6 is 39.1 Å². The molecule has 0 spiro atoms. The summed E-state index contributed by atoms with van der Waals surface area (Å²) < 4.78 is 13.7. The Balaban J connectivity index is 2.27. The van der Waals surface area contributed by atoms with E-state index in [1.807, 2.05) is 12.1 Å². The molecule has 5 heteroatoms. The van der Waals surface area contributed by atoms with E-state index in [1.54, 1.807) is 12.1 Å². The van der Waals surface area contributed by atoms with Gasteiger partial charge in [0.1, 0.15) is 5.82 Å². The molecule has 1 atom stereocenters. The van der Waals surface area contributed by atoms with Crippen LogP contribution in [0.1, 0.15) is 24.9 Å². The van der Waals surface area contributed by atoms with Crippen LogP contribution in [0, 0.1) is 5.82 Å². The highest BCUT2D eigenvalue weighted by molar-refractivity contribution is 9.10. The van der Waals surface area contributed by atoms with Gasteiger partial charge in [0.15, 0.2) is 0 Å². The molecule has 0 heterocycles. The average Bonchev–Trinajstić information content (AvgIpc) is 2.45. The molecule has 0 radical (unpaired) electrons. The summed E-state index contributed by atoms with van der Waals surface area (Å²) in [7, 11) is 0. The number of benzene rings is 2. The molecule has 1 N–H and O–H groups in total. The zero-order valence-corrected chi connectivity index (χ0v) is 13.9. The standard InChI is InChI=1S/C15H13BrCl2FN/c1-2-12(9-3-5-10(19)6-4-9)20-13-8-7-11(16)14(17)15(13)18/h3-8,12,20H,2H2,1H3. The molecule has 0 bridgehead atoms. The first-order valence-corrected chi connectivity index (χ1v) is 7.73. The van der Waals surface area contributed by atoms with Crippen LogP contribution < -0.4 is 5.32 Å². The fourth-order valence-electron chi connectivity index (χ4n) is 1.94. The summed E-state index contributed by atoms with van der Waals surface area (Å²) in [5.74, 6) is -0.242. The molecule has 0 amide bonds. The third-order valence-corrected chi connectivity index (χ3v) is 4.82. The van der Waals surface area contributed by atoms with E-state index < -0.39 is 0 Å². The van der Waals surface area contributed by atoms with Gasteiger partial charge in [-0.05, 0) is 52.2 Å². The van der Waals surface area contributed by atoms with E-state index in [4.69, 9.17) is 23.2 Å². The SMILES string of the molecule is CCC(Nc1ccc(Br)c(Cl)c1Cl)c1ccc(F)cc1. The van der Waals surface area contributed by atoms with Gasteiger partial charge in [-0.1, -0.05) is 42.3 Å². The van der Waals surface area contributed by atoms with Crippen LogP contribution in [-0.2, 0) is 0 Å². The van der Waals surface area contributed by atoms with Gasteiger partial charge < -0.3 is 5.32 Å². The van der Waals surface area contributed by atoms with Gasteiger partial charge in [-0.2, -0.15) is 0 Å². The van der Waals surface area contributed by atoms with E-state index in [9.17, 15) is 4.39 Å². The Morgan fingerprint density at radius 1 is 1.10 bits per heavy atom. The Kier molecular flexibility index (Phi) is 5.30. The van der Waals surface area contributed by atoms with Crippen molar-refractivity contribution in [2.75, 3.05) is 5.32 Å². The van der Waals surface area contributed by atoms with Gasteiger partial charge in [0.25, 0.3) is 0 Å². The third-order valence-electron chi connectivity index (χ3n) is 3.05. The molecule has 0 aliphatic rings. The van der Waals surface area contributed by atoms with Crippen molar-refractivity contribution in [2.45, 2.75) is 19.4 Å². The van der Waals surface area contributed by atoms with Crippen molar-refractivity contribution in [3.05, 3.63) is 62.3 Å². The Hall–Kier alpha value is -0.770. The predicted molar refractivity (Wildman–Crippen MR) is 87.2 cm³/mol. The van der Waals surface area contributed by atoms with Gasteiger partial charge in [0.05, 0.1) is 21.8 Å². The van der Waals surface area contributed by atoms with Crippen LogP contribution in [0.5, 0.6) is 0 Å². The Morgan fingerprint density at radius 3 is 2.35 bits per heavy atom. The predicted octanol–water partition coefficient (Wildman–Crippen LogP) is 6.46. The van der Waals surface area contributed by atoms with E-state index in [0.29, 0.717) is 10.0 Å². The fourth-order valence-corrected chi connectivity index (χ4v) is 2.77. The van der Waals surface area contributed by atoms with Crippen LogP contribution in [0.15, 0.2) is 40.9 Å². The number of hydrogen-bond acceptors (Lipinski definition) is 1. The normalized spacial score (nSPS) is 12.2. The molecule has 0 saturated heterocycles. The second-order valence-electron chi connectivity index (χ2n) is 4.38. The van der Waals surface area contributed by atoms with Crippen molar-refractivity contribution >= 4 is 44.8 Å². The summed E-state index contributed by atoms with van der Waals surface area (Å²) in [4.78, 5) is 0. The van der Waals surface area contributed by atoms with Gasteiger partial charge >= 0.3 is 0 Å². The van der Waals surface area contributed by atoms with Gasteiger partial charge in [-0.3, -0.25) is 0 Å². The van der Waals surface area contributed by atoms with Gasteiger partial charge in [0.2, 0.25) is 0 Å². The molecule has 0 fully saturated rings. The van der Waals surface area contributed by atoms with Crippen molar-refractivity contribution in [1.29, 1.82) is 0 Å². The summed E-state index contributed by atoms with van der Waals surface area (Å²) in [6.07, 6.45) is 0.843. The highest BCUT2D eigenvalue weighted by Gasteiger charge is 2.13. The summed E-state index contributed by atoms with van der Waals surface area (Å²) in [5, 5.41) is 4.29. The van der Waals surface area contributed by atoms with E-state index in [2.05, 4.69) is 28.2 Å². The van der Waals surface area contributed by atoms with Crippen LogP contribution in [-0.4, -0.2) is 0 Å². The van der Waals surface area contributed by atoms with Crippen molar-refractivity contribution in [1.82, 2.24) is 0 Å². The molecule has 0 aromatic heterocycles. The molecule has 2 rings (SSSR count). The lowest BCUT2D eigenvalue weighted by Crippen LogP contribution is -2.10. The lowest BCUT2D eigenvalue weighted by molar-refractivity contribution is 0.625. The average molecular weight is 377 g/mol. The van der Waals surface area contributed by atoms with Crippen LogP contribution in [0.4, 0.5) is 10.1 Å². The molecule has 1 unspecified atom stereocenters. The number of nitrogens with one attached hydrogen (secondary N) is 1. The van der Waals surface area contributed by atoms with Crippen molar-refractivity contribution in [3.8, 4) is 0 Å². The second-order valence-corrected chi connectivity index (χ2v) is 5.99. The maximum Gasteiger partial charge on any atom is 0.123 e. The molecule has 0 aliphatic carbocycles. The number of anilines is 1. The Labute approximate surface area is 136 Å². The summed E-state index contributed by atoms with van der Waals surface area (Å²) in [6.45, 7) is 2.05. The highest BCUT2D eigenvalue weighted by atomic mass is 79.9. The maximum absolute atomic E-state index is 13.0. The molecule has 2 aromatic rings. The van der Waals surface area contributed by atoms with E-state index in [0.717, 1.165) is 22.1 Å². The van der Waals surface area contributed by atoms with Crippen LogP contribution in [0.2, 0.25) is 10.0 Å². The lowest BCUT2D eigenvalue weighted by Gasteiger charge is -2.20. The first-order chi connectivity index (χ1) is 9.52. The van der Waals surface area contributed by atoms with Crippen molar-refractivity contribution in [2.24, 2.45) is 0 Å². The molecular formula is C15H13BrCl2FN. The summed E-state index contributed by atoms with van der Waals surface area (Å²) >= 11 is 15.7. The minimum atomic E-state index is -0.242. The van der Waals surface area contributed by atoms with Crippen molar-refractivity contribution in [3.63, 3.8) is 0 Å². The monoisotopic (exact) mass is 375 g/mol. The van der Waals surface area contributed by atoms with Gasteiger partial charge in [-0.15, -0.1) is 0 Å². The molecule has 0 saturated carbocycles. The smallest absolute Gasteiger partial charge is 0.123 e. The summed E-state index contributed by atoms with van der Waals surface area (Å²) in [6, 6.07) is 10.2. The topological polar surface area (TPSA) is 12.0 Å². The molecule has 0 aliphatic heterocycles. The van der Waals surface area contributed by atoms with Gasteiger partial charge in [-0.25, -0.2) is 4.39 Å². The molecule has 106 valence electrons. The minimum absolute atomic E-state index is 0.0466. The lowest BCUT2D eigenvalue weighted by atomic mass is 10.0. The maximum atomic E-state index is 13.0. The zero-order valence-electron chi connectivity index (χ0n) is 10.8. The Morgan fingerprint density at radius 2 is 1.75 bits per heavy atom. The van der Waals surface area contributed by atoms with Gasteiger partial charge in [0, 0.05) is 4.47 Å². The van der Waals surface area contributed by atoms with E-state index in [-0.39, 0.29) is 11.9 Å². The molecule has 1 nitrogen and oxygen atoms in total. The molecule has 20 heavy (non-hydrogen) atoms. The highest BCUT2D eigenvalue weighted by Crippen LogP contribution is 2.37. The number of hydrogen-bond donors (Lipinski definition) is 1. The fraction of sp³-hybridized carbons (Fsp3) is 0.200. The Bertz CT molecular complexity index is 602. The van der Waals surface area contributed by atoms with E-state index >= 15 is 0 Å². The molecule has 2 aromatic carbocycles. The van der Waals surface area contributed by atoms with Crippen molar-refractivity contribution < 1.29 is 4.39 Å². The molecular weight excluding hydrogens is 364 g/mol. The van der Waals surface area contributed by atoms with Crippen LogP contribution in [0.25, 0.3) is 0 Å². The van der Waals surface area contributed by atoms with E-state index in [1.165, 1.54) is 12.1 Å². The summed E-state index contributed by atoms with van der Waals surface area (Å²) in [5.41, 5.74) is 1.76. The minimum Gasteiger partial charge on any atom is -0.377 e. The number of rotatable bonds is 4. The second kappa shape index (κ2) is 6.79. The number of halogens is 4. The van der Waals surface area contributed by atoms with Crippen LogP contribution in [0.3, 0.4) is 0 Å².